The lowest BCUT2D eigenvalue weighted by Gasteiger charge is -2.22. The lowest BCUT2D eigenvalue weighted by atomic mass is 9.94. The molecule has 6 rings (SSSR count). The SMILES string of the molecule is CNC(=O)c1cc(-c2cccnc2[C@H](Cc2cc(F)cc(F)c2)NC(=O)Cn2nc3c(c2C(F)F)C2CC2C3=O)ccc1F. The molecule has 0 radical (unpaired) electrons. The van der Waals surface area contributed by atoms with Crippen LogP contribution in [-0.2, 0) is 17.8 Å². The highest BCUT2D eigenvalue weighted by molar-refractivity contribution is 6.04. The molecule has 13 heteroatoms. The Morgan fingerprint density at radius 2 is 1.80 bits per heavy atom. The summed E-state index contributed by atoms with van der Waals surface area (Å²) in [6, 6.07) is 8.78. The van der Waals surface area contributed by atoms with Crippen molar-refractivity contribution in [2.75, 3.05) is 7.05 Å². The maximum atomic E-state index is 14.4. The summed E-state index contributed by atoms with van der Waals surface area (Å²) in [5.41, 5.74) is 0.505. The molecule has 226 valence electrons. The highest BCUT2D eigenvalue weighted by Crippen LogP contribution is 2.58. The number of pyridine rings is 1. The van der Waals surface area contributed by atoms with Crippen LogP contribution in [0.5, 0.6) is 0 Å². The lowest BCUT2D eigenvalue weighted by molar-refractivity contribution is -0.122. The first-order valence-electron chi connectivity index (χ1n) is 13.7. The summed E-state index contributed by atoms with van der Waals surface area (Å²) >= 11 is 0. The smallest absolute Gasteiger partial charge is 0.280 e. The normalized spacial score (nSPS) is 17.3. The zero-order valence-corrected chi connectivity index (χ0v) is 23.1. The van der Waals surface area contributed by atoms with Crippen LogP contribution >= 0.6 is 0 Å². The van der Waals surface area contributed by atoms with Crippen molar-refractivity contribution in [3.8, 4) is 11.1 Å². The van der Waals surface area contributed by atoms with Gasteiger partial charge in [0.25, 0.3) is 12.3 Å². The van der Waals surface area contributed by atoms with Crippen LogP contribution in [-0.4, -0.2) is 39.4 Å². The summed E-state index contributed by atoms with van der Waals surface area (Å²) in [5.74, 6) is -4.89. The third kappa shape index (κ3) is 5.33. The Kier molecular flexibility index (Phi) is 7.48. The third-order valence-corrected chi connectivity index (χ3v) is 7.88. The van der Waals surface area contributed by atoms with Crippen LogP contribution in [0.2, 0.25) is 0 Å². The van der Waals surface area contributed by atoms with E-state index in [1.165, 1.54) is 25.4 Å². The number of halogens is 5. The number of hydrogen-bond acceptors (Lipinski definition) is 5. The number of amides is 2. The van der Waals surface area contributed by atoms with E-state index in [0.717, 1.165) is 22.9 Å². The summed E-state index contributed by atoms with van der Waals surface area (Å²) in [4.78, 5) is 42.5. The molecular formula is C31H24F5N5O3. The van der Waals surface area contributed by atoms with Crippen LogP contribution < -0.4 is 10.6 Å². The maximum Gasteiger partial charge on any atom is 0.280 e. The topological polar surface area (TPSA) is 106 Å². The number of carbonyl (C=O) groups excluding carboxylic acids is 3. The second kappa shape index (κ2) is 11.3. The Bertz CT molecular complexity index is 1800. The van der Waals surface area contributed by atoms with Gasteiger partial charge in [-0.25, -0.2) is 22.0 Å². The van der Waals surface area contributed by atoms with Crippen LogP contribution in [0.1, 0.15) is 68.2 Å². The standard InChI is InChI=1S/C31H24F5N5O3/c1-37-31(44)21-10-15(4-5-22(21)34)18-3-2-6-38-26(18)23(9-14-7-16(32)11-17(33)8-14)39-24(42)13-41-28(30(35)36)25-19-12-20(19)29(43)27(25)40-41/h2-8,10-11,19-20,23,30H,9,12-13H2,1H3,(H,37,44)(H,39,42)/t19?,20?,23-/m0/s1. The number of fused-ring (bicyclic) bond motifs is 3. The zero-order valence-electron chi connectivity index (χ0n) is 23.1. The number of nitrogens with zero attached hydrogens (tertiary/aromatic N) is 3. The Balaban J connectivity index is 1.37. The molecule has 4 aromatic rings. The van der Waals surface area contributed by atoms with Crippen molar-refractivity contribution in [3.05, 3.63) is 106 Å². The average Bonchev–Trinajstić information content (AvgIpc) is 3.61. The predicted octanol–water partition coefficient (Wildman–Crippen LogP) is 5.06. The van der Waals surface area contributed by atoms with Crippen LogP contribution in [0.4, 0.5) is 22.0 Å². The molecule has 1 fully saturated rings. The second-order valence-corrected chi connectivity index (χ2v) is 10.7. The van der Waals surface area contributed by atoms with E-state index in [1.807, 2.05) is 0 Å². The van der Waals surface area contributed by atoms with E-state index in [0.29, 0.717) is 23.6 Å². The molecule has 2 aromatic heterocycles. The molecule has 8 nitrogen and oxygen atoms in total. The van der Waals surface area contributed by atoms with E-state index in [-0.39, 0.29) is 52.1 Å². The van der Waals surface area contributed by atoms with Gasteiger partial charge in [0.15, 0.2) is 5.78 Å². The van der Waals surface area contributed by atoms with Crippen LogP contribution in [0.25, 0.3) is 11.1 Å². The lowest BCUT2D eigenvalue weighted by Crippen LogP contribution is -2.34. The molecule has 1 saturated carbocycles. The van der Waals surface area contributed by atoms with Gasteiger partial charge in [-0.2, -0.15) is 5.10 Å². The number of carbonyl (C=O) groups is 3. The van der Waals surface area contributed by atoms with E-state index in [2.05, 4.69) is 20.7 Å². The Morgan fingerprint density at radius 1 is 1.05 bits per heavy atom. The molecule has 2 aliphatic carbocycles. The minimum atomic E-state index is -2.98. The monoisotopic (exact) mass is 609 g/mol. The highest BCUT2D eigenvalue weighted by Gasteiger charge is 2.56. The van der Waals surface area contributed by atoms with E-state index in [1.54, 1.807) is 12.1 Å². The molecule has 0 bridgehead atoms. The van der Waals surface area contributed by atoms with Gasteiger partial charge in [-0.15, -0.1) is 0 Å². The fourth-order valence-electron chi connectivity index (χ4n) is 5.86. The number of rotatable bonds is 9. The molecule has 2 heterocycles. The number of hydrogen-bond donors (Lipinski definition) is 2. The number of benzene rings is 2. The fraction of sp³-hybridized carbons (Fsp3) is 0.258. The van der Waals surface area contributed by atoms with Gasteiger partial charge in [0.1, 0.15) is 35.4 Å². The largest absolute Gasteiger partial charge is 0.355 e. The summed E-state index contributed by atoms with van der Waals surface area (Å²) < 4.78 is 71.7. The van der Waals surface area contributed by atoms with Gasteiger partial charge in [-0.05, 0) is 60.2 Å². The van der Waals surface area contributed by atoms with Gasteiger partial charge in [0, 0.05) is 36.4 Å². The van der Waals surface area contributed by atoms with Crippen molar-refractivity contribution in [1.82, 2.24) is 25.4 Å². The van der Waals surface area contributed by atoms with Crippen molar-refractivity contribution in [1.29, 1.82) is 0 Å². The molecule has 2 amide bonds. The number of Topliss-reactive ketones (excluding diaryl/α,β-unsaturated/α-hetero) is 1. The van der Waals surface area contributed by atoms with Gasteiger partial charge < -0.3 is 10.6 Å². The van der Waals surface area contributed by atoms with Crippen LogP contribution in [0, 0.1) is 23.4 Å². The second-order valence-electron chi connectivity index (χ2n) is 10.7. The summed E-state index contributed by atoms with van der Waals surface area (Å²) in [7, 11) is 1.35. The molecule has 0 spiro atoms. The van der Waals surface area contributed by atoms with Crippen molar-refractivity contribution in [2.24, 2.45) is 5.92 Å². The van der Waals surface area contributed by atoms with Gasteiger partial charge in [0.05, 0.1) is 17.3 Å². The molecule has 2 N–H and O–H groups in total. The molecule has 2 aromatic carbocycles. The highest BCUT2D eigenvalue weighted by atomic mass is 19.3. The number of alkyl halides is 2. The first-order chi connectivity index (χ1) is 21.0. The van der Waals surface area contributed by atoms with Crippen LogP contribution in [0.15, 0.2) is 54.7 Å². The minimum absolute atomic E-state index is 0.0450. The average molecular weight is 610 g/mol. The van der Waals surface area contributed by atoms with Gasteiger partial charge >= 0.3 is 0 Å². The van der Waals surface area contributed by atoms with E-state index in [9.17, 15) is 36.3 Å². The van der Waals surface area contributed by atoms with E-state index in [4.69, 9.17) is 0 Å². The first-order valence-corrected chi connectivity index (χ1v) is 13.7. The number of nitrogens with one attached hydrogen (secondary N) is 2. The Hall–Kier alpha value is -4.94. The maximum absolute atomic E-state index is 14.4. The van der Waals surface area contributed by atoms with Crippen LogP contribution in [0.3, 0.4) is 0 Å². The van der Waals surface area contributed by atoms with E-state index >= 15 is 0 Å². The molecule has 44 heavy (non-hydrogen) atoms. The predicted molar refractivity (Wildman–Crippen MR) is 146 cm³/mol. The quantitative estimate of drug-likeness (QED) is 0.258. The minimum Gasteiger partial charge on any atom is -0.355 e. The third-order valence-electron chi connectivity index (χ3n) is 7.88. The van der Waals surface area contributed by atoms with E-state index < -0.39 is 54.0 Å². The van der Waals surface area contributed by atoms with Crippen molar-refractivity contribution < 1.29 is 36.3 Å². The molecule has 2 unspecified atom stereocenters. The van der Waals surface area contributed by atoms with Crippen molar-refractivity contribution in [2.45, 2.75) is 37.8 Å². The van der Waals surface area contributed by atoms with Gasteiger partial charge in [-0.1, -0.05) is 12.1 Å². The Labute approximate surface area is 247 Å². The first kappa shape index (κ1) is 29.1. The van der Waals surface area contributed by atoms with Crippen molar-refractivity contribution in [3.63, 3.8) is 0 Å². The molecular weight excluding hydrogens is 585 g/mol. The molecule has 0 saturated heterocycles. The fourth-order valence-corrected chi connectivity index (χ4v) is 5.86. The molecule has 0 aliphatic heterocycles. The van der Waals surface area contributed by atoms with Gasteiger partial charge in [0.2, 0.25) is 5.91 Å². The zero-order chi connectivity index (χ0) is 31.3. The van der Waals surface area contributed by atoms with Crippen molar-refractivity contribution >= 4 is 17.6 Å². The summed E-state index contributed by atoms with van der Waals surface area (Å²) in [5, 5.41) is 9.12. The Morgan fingerprint density at radius 3 is 2.50 bits per heavy atom. The van der Waals surface area contributed by atoms with Gasteiger partial charge in [-0.3, -0.25) is 24.0 Å². The number of ketones is 1. The molecule has 2 aliphatic rings. The summed E-state index contributed by atoms with van der Waals surface area (Å²) in [6.45, 7) is -0.662. The molecule has 3 atom stereocenters. The number of aromatic nitrogens is 3. The summed E-state index contributed by atoms with van der Waals surface area (Å²) in [6.07, 6.45) is -1.26.